The van der Waals surface area contributed by atoms with E-state index in [2.05, 4.69) is 15.5 Å². The maximum Gasteiger partial charge on any atom is 0.251 e. The molecule has 0 unspecified atom stereocenters. The number of nitrogens with two attached hydrogens (primary N) is 1. The van der Waals surface area contributed by atoms with Crippen molar-refractivity contribution < 1.29 is 18.8 Å². The number of hydrogen-bond acceptors (Lipinski definition) is 8. The van der Waals surface area contributed by atoms with Crippen LogP contribution in [-0.4, -0.2) is 53.5 Å². The summed E-state index contributed by atoms with van der Waals surface area (Å²) in [5.41, 5.74) is 9.18. The summed E-state index contributed by atoms with van der Waals surface area (Å²) < 4.78 is 10.5. The molecule has 1 fully saturated rings. The number of nitrogens with one attached hydrogen (secondary N) is 1. The van der Waals surface area contributed by atoms with Gasteiger partial charge in [-0.05, 0) is 42.5 Å². The third kappa shape index (κ3) is 6.32. The molecule has 0 radical (unpaired) electrons. The molecule has 3 heterocycles. The van der Waals surface area contributed by atoms with Crippen LogP contribution in [0.3, 0.4) is 0 Å². The van der Waals surface area contributed by atoms with Crippen molar-refractivity contribution in [3.63, 3.8) is 0 Å². The van der Waals surface area contributed by atoms with Gasteiger partial charge < -0.3 is 25.2 Å². The fourth-order valence-electron chi connectivity index (χ4n) is 4.37. The number of anilines is 1. The van der Waals surface area contributed by atoms with Gasteiger partial charge in [0.15, 0.2) is 0 Å². The van der Waals surface area contributed by atoms with Crippen LogP contribution in [0, 0.1) is 12.8 Å². The highest BCUT2D eigenvalue weighted by Crippen LogP contribution is 2.36. The molecule has 1 aromatic heterocycles. The Labute approximate surface area is 225 Å². The van der Waals surface area contributed by atoms with Crippen molar-refractivity contribution in [2.45, 2.75) is 37.2 Å². The number of benzene rings is 2. The number of halogens is 1. The van der Waals surface area contributed by atoms with Gasteiger partial charge in [-0.2, -0.15) is 4.98 Å². The Bertz CT molecular complexity index is 1250. The molecule has 0 bridgehead atoms. The van der Waals surface area contributed by atoms with E-state index in [4.69, 9.17) is 15.0 Å². The number of ether oxygens (including phenoxy) is 1. The van der Waals surface area contributed by atoms with Crippen molar-refractivity contribution in [1.82, 2.24) is 15.5 Å². The molecule has 2 aliphatic heterocycles. The first-order chi connectivity index (χ1) is 17.5. The predicted octanol–water partition coefficient (Wildman–Crippen LogP) is 3.59. The summed E-state index contributed by atoms with van der Waals surface area (Å²) in [7, 11) is 0. The second-order valence-electron chi connectivity index (χ2n) is 9.12. The molecule has 9 nitrogen and oxygen atoms in total. The van der Waals surface area contributed by atoms with Gasteiger partial charge in [0.2, 0.25) is 17.6 Å². The SMILES string of the molecule is Cc1nc(-c2ccc(CN3C(=O)[C@@H](N)CSc4ccc(C(=O)NCC5CCOCC5)cc43)cc2)no1.Cl. The number of aromatic nitrogens is 2. The predicted molar refractivity (Wildman–Crippen MR) is 144 cm³/mol. The van der Waals surface area contributed by atoms with Crippen LogP contribution in [0.4, 0.5) is 5.69 Å². The van der Waals surface area contributed by atoms with Gasteiger partial charge >= 0.3 is 0 Å². The highest BCUT2D eigenvalue weighted by molar-refractivity contribution is 7.99. The molecule has 1 saturated heterocycles. The Kier molecular flexibility index (Phi) is 8.86. The zero-order valence-corrected chi connectivity index (χ0v) is 22.1. The van der Waals surface area contributed by atoms with Crippen molar-refractivity contribution in [1.29, 1.82) is 0 Å². The van der Waals surface area contributed by atoms with Gasteiger partial charge in [-0.25, -0.2) is 0 Å². The number of carbonyl (C=O) groups is 2. The van der Waals surface area contributed by atoms with Crippen molar-refractivity contribution in [2.24, 2.45) is 11.7 Å². The summed E-state index contributed by atoms with van der Waals surface area (Å²) >= 11 is 1.53. The number of fused-ring (bicyclic) bond motifs is 1. The molecule has 0 saturated carbocycles. The number of thioether (sulfide) groups is 1. The van der Waals surface area contributed by atoms with Crippen molar-refractivity contribution >= 4 is 41.7 Å². The van der Waals surface area contributed by atoms with Gasteiger partial charge in [-0.1, -0.05) is 29.4 Å². The second-order valence-corrected chi connectivity index (χ2v) is 10.2. The fraction of sp³-hybridized carbons (Fsp3) is 0.385. The van der Waals surface area contributed by atoms with Crippen LogP contribution in [0.1, 0.15) is 34.7 Å². The Balaban J connectivity index is 0.00000320. The highest BCUT2D eigenvalue weighted by atomic mass is 35.5. The fourth-order valence-corrected chi connectivity index (χ4v) is 5.36. The molecular formula is C26H30ClN5O4S. The molecular weight excluding hydrogens is 514 g/mol. The average molecular weight is 544 g/mol. The van der Waals surface area contributed by atoms with E-state index in [-0.39, 0.29) is 24.2 Å². The molecule has 2 aromatic carbocycles. The molecule has 11 heteroatoms. The molecule has 2 amide bonds. The van der Waals surface area contributed by atoms with E-state index in [0.717, 1.165) is 42.1 Å². The van der Waals surface area contributed by atoms with E-state index in [1.807, 2.05) is 36.4 Å². The zero-order valence-electron chi connectivity index (χ0n) is 20.5. The summed E-state index contributed by atoms with van der Waals surface area (Å²) in [6.07, 6.45) is 1.90. The minimum absolute atomic E-state index is 0. The lowest BCUT2D eigenvalue weighted by Gasteiger charge is -2.25. The second kappa shape index (κ2) is 12.1. The standard InChI is InChI=1S/C26H29N5O4S.ClH/c1-16-29-24(30-35-16)19-4-2-18(3-5-19)14-31-22-12-20(6-7-23(22)36-15-21(27)26(31)33)25(32)28-13-17-8-10-34-11-9-17;/h2-7,12,17,21H,8-11,13-15,27H2,1H3,(H,28,32);1H/t21-;/m0./s1. The minimum Gasteiger partial charge on any atom is -0.381 e. The number of carbonyl (C=O) groups excluding carboxylic acids is 2. The van der Waals surface area contributed by atoms with Crippen LogP contribution >= 0.6 is 24.2 Å². The monoisotopic (exact) mass is 543 g/mol. The third-order valence-corrected chi connectivity index (χ3v) is 7.67. The van der Waals surface area contributed by atoms with Crippen LogP contribution in [0.5, 0.6) is 0 Å². The Morgan fingerprint density at radius 3 is 2.65 bits per heavy atom. The topological polar surface area (TPSA) is 124 Å². The maximum atomic E-state index is 13.3. The van der Waals surface area contributed by atoms with Crippen LogP contribution in [0.2, 0.25) is 0 Å². The molecule has 0 aliphatic carbocycles. The van der Waals surface area contributed by atoms with Crippen molar-refractivity contribution in [2.75, 3.05) is 30.4 Å². The van der Waals surface area contributed by atoms with Crippen LogP contribution < -0.4 is 16.0 Å². The van der Waals surface area contributed by atoms with E-state index in [1.54, 1.807) is 17.9 Å². The van der Waals surface area contributed by atoms with E-state index in [0.29, 0.717) is 47.7 Å². The lowest BCUT2D eigenvalue weighted by Crippen LogP contribution is -2.44. The average Bonchev–Trinajstić information content (AvgIpc) is 3.31. The summed E-state index contributed by atoms with van der Waals surface area (Å²) in [5, 5.41) is 7.00. The van der Waals surface area contributed by atoms with Gasteiger partial charge in [0.05, 0.1) is 18.3 Å². The molecule has 0 spiro atoms. The van der Waals surface area contributed by atoms with E-state index in [1.165, 1.54) is 11.8 Å². The molecule has 3 aromatic rings. The minimum atomic E-state index is -0.630. The third-order valence-electron chi connectivity index (χ3n) is 6.49. The zero-order chi connectivity index (χ0) is 25.1. The van der Waals surface area contributed by atoms with Gasteiger partial charge in [0.25, 0.3) is 5.91 Å². The molecule has 2 aliphatic rings. The van der Waals surface area contributed by atoms with Gasteiger partial charge in [0.1, 0.15) is 0 Å². The lowest BCUT2D eigenvalue weighted by molar-refractivity contribution is -0.119. The molecule has 3 N–H and O–H groups in total. The van der Waals surface area contributed by atoms with Gasteiger partial charge in [-0.3, -0.25) is 9.59 Å². The quantitative estimate of drug-likeness (QED) is 0.483. The number of amides is 2. The van der Waals surface area contributed by atoms with Crippen molar-refractivity contribution in [3.05, 3.63) is 59.5 Å². The first-order valence-corrected chi connectivity index (χ1v) is 13.1. The lowest BCUT2D eigenvalue weighted by atomic mass is 10.0. The van der Waals surface area contributed by atoms with Crippen molar-refractivity contribution in [3.8, 4) is 11.4 Å². The van der Waals surface area contributed by atoms with Crippen LogP contribution in [0.25, 0.3) is 11.4 Å². The van der Waals surface area contributed by atoms with Gasteiger partial charge in [-0.15, -0.1) is 24.2 Å². The maximum absolute atomic E-state index is 13.3. The number of aryl methyl sites for hydroxylation is 1. The van der Waals surface area contributed by atoms with Gasteiger partial charge in [0, 0.05) is 48.5 Å². The summed E-state index contributed by atoms with van der Waals surface area (Å²) in [6.45, 7) is 4.17. The van der Waals surface area contributed by atoms with Crippen LogP contribution in [-0.2, 0) is 16.1 Å². The number of nitrogens with zero attached hydrogens (tertiary/aromatic N) is 3. The Morgan fingerprint density at radius 2 is 1.95 bits per heavy atom. The Hall–Kier alpha value is -2.92. The smallest absolute Gasteiger partial charge is 0.251 e. The summed E-state index contributed by atoms with van der Waals surface area (Å²) in [5.74, 6) is 1.61. The summed E-state index contributed by atoms with van der Waals surface area (Å²) in [6, 6.07) is 12.6. The molecule has 196 valence electrons. The van der Waals surface area contributed by atoms with E-state index >= 15 is 0 Å². The molecule has 5 rings (SSSR count). The first kappa shape index (κ1) is 27.1. The normalized spacial score (nSPS) is 18.1. The number of rotatable bonds is 6. The Morgan fingerprint density at radius 1 is 1.19 bits per heavy atom. The molecule has 37 heavy (non-hydrogen) atoms. The highest BCUT2D eigenvalue weighted by Gasteiger charge is 2.29. The number of hydrogen-bond donors (Lipinski definition) is 2. The molecule has 1 atom stereocenters. The van der Waals surface area contributed by atoms with E-state index < -0.39 is 6.04 Å². The first-order valence-electron chi connectivity index (χ1n) is 12.1. The van der Waals surface area contributed by atoms with Crippen LogP contribution in [0.15, 0.2) is 51.9 Å². The largest absolute Gasteiger partial charge is 0.381 e. The summed E-state index contributed by atoms with van der Waals surface area (Å²) in [4.78, 5) is 33.1. The van der Waals surface area contributed by atoms with E-state index in [9.17, 15) is 9.59 Å².